The van der Waals surface area contributed by atoms with Crippen molar-refractivity contribution in [2.24, 2.45) is 0 Å². The third-order valence-electron chi connectivity index (χ3n) is 5.02. The molecule has 1 N–H and O–H groups in total. The molecule has 1 saturated heterocycles. The minimum absolute atomic E-state index is 0.0457. The number of nitrogens with zero attached hydrogens (tertiary/aromatic N) is 1. The Morgan fingerprint density at radius 3 is 2.64 bits per heavy atom. The van der Waals surface area contributed by atoms with E-state index >= 15 is 0 Å². The Morgan fingerprint density at radius 2 is 1.96 bits per heavy atom. The van der Waals surface area contributed by atoms with Crippen LogP contribution in [0.1, 0.15) is 45.1 Å². The number of hydrogen-bond donors (Lipinski definition) is 1. The summed E-state index contributed by atoms with van der Waals surface area (Å²) in [5.74, 6) is 0.331. The van der Waals surface area contributed by atoms with E-state index in [0.717, 1.165) is 46.1 Å². The van der Waals surface area contributed by atoms with E-state index in [1.165, 1.54) is 11.3 Å². The Balaban J connectivity index is 1.81. The fourth-order valence-electron chi connectivity index (χ4n) is 3.78. The summed E-state index contributed by atoms with van der Waals surface area (Å²) < 4.78 is 5.44. The molecule has 0 radical (unpaired) electrons. The Labute approximate surface area is 156 Å². The molecular weight excluding hydrogens is 358 g/mol. The van der Waals surface area contributed by atoms with E-state index in [0.29, 0.717) is 24.7 Å². The number of aliphatic hydroxyl groups is 1. The van der Waals surface area contributed by atoms with E-state index in [-0.39, 0.29) is 18.3 Å². The van der Waals surface area contributed by atoms with Gasteiger partial charge in [-0.2, -0.15) is 0 Å². The molecule has 1 fully saturated rings. The molecule has 25 heavy (non-hydrogen) atoms. The van der Waals surface area contributed by atoms with Crippen LogP contribution in [0.2, 0.25) is 5.02 Å². The molecule has 4 rings (SSSR count). The molecule has 1 unspecified atom stereocenters. The summed E-state index contributed by atoms with van der Waals surface area (Å²) in [6, 6.07) is 7.83. The van der Waals surface area contributed by atoms with Gasteiger partial charge >= 0.3 is 0 Å². The number of fused-ring (bicyclic) bond motifs is 1. The zero-order valence-electron chi connectivity index (χ0n) is 13.8. The molecule has 1 aromatic carbocycles. The minimum atomic E-state index is -0.0457. The molecule has 2 aromatic rings. The summed E-state index contributed by atoms with van der Waals surface area (Å²) in [6.45, 7) is 2.91. The number of rotatable bonds is 3. The molecule has 0 amide bonds. The first-order chi connectivity index (χ1) is 12.2. The van der Waals surface area contributed by atoms with Gasteiger partial charge in [-0.15, -0.1) is 11.3 Å². The second-order valence-corrected chi connectivity index (χ2v) is 7.89. The Hall–Kier alpha value is -1.40. The highest BCUT2D eigenvalue weighted by Gasteiger charge is 2.34. The molecular formula is C19H20ClNO3S. The van der Waals surface area contributed by atoms with Crippen molar-refractivity contribution in [3.05, 3.63) is 50.9 Å². The smallest absolute Gasteiger partial charge is 0.173 e. The maximum atomic E-state index is 12.5. The largest absolute Gasteiger partial charge is 0.392 e. The van der Waals surface area contributed by atoms with E-state index in [1.54, 1.807) is 0 Å². The average Bonchev–Trinajstić information content (AvgIpc) is 3.04. The number of morpholine rings is 1. The minimum Gasteiger partial charge on any atom is -0.392 e. The molecule has 2 heterocycles. The lowest BCUT2D eigenvalue weighted by Gasteiger charge is -2.29. The maximum absolute atomic E-state index is 12.5. The third kappa shape index (κ3) is 3.10. The quantitative estimate of drug-likeness (QED) is 0.882. The zero-order valence-corrected chi connectivity index (χ0v) is 15.4. The van der Waals surface area contributed by atoms with Crippen molar-refractivity contribution < 1.29 is 14.6 Å². The van der Waals surface area contributed by atoms with Gasteiger partial charge in [0.05, 0.1) is 29.7 Å². The van der Waals surface area contributed by atoms with Gasteiger partial charge in [0.2, 0.25) is 0 Å². The number of aliphatic hydroxyl groups excluding tert-OH is 1. The van der Waals surface area contributed by atoms with Crippen molar-refractivity contribution in [2.75, 3.05) is 31.2 Å². The normalized spacial score (nSPS) is 20.6. The summed E-state index contributed by atoms with van der Waals surface area (Å²) >= 11 is 7.57. The number of halogens is 1. The highest BCUT2D eigenvalue weighted by molar-refractivity contribution is 7.18. The van der Waals surface area contributed by atoms with Crippen molar-refractivity contribution in [2.45, 2.75) is 25.4 Å². The molecule has 0 bridgehead atoms. The number of ketones is 1. The topological polar surface area (TPSA) is 49.8 Å². The Morgan fingerprint density at radius 1 is 1.24 bits per heavy atom. The molecule has 1 aliphatic carbocycles. The van der Waals surface area contributed by atoms with E-state index < -0.39 is 0 Å². The lowest BCUT2D eigenvalue weighted by atomic mass is 9.80. The van der Waals surface area contributed by atoms with Crippen LogP contribution in [0.4, 0.5) is 5.00 Å². The molecule has 0 saturated carbocycles. The van der Waals surface area contributed by atoms with Gasteiger partial charge in [-0.3, -0.25) is 4.79 Å². The molecule has 6 heteroatoms. The van der Waals surface area contributed by atoms with E-state index in [1.807, 2.05) is 24.3 Å². The number of carbonyl (C=O) groups excluding carboxylic acids is 1. The Kier molecular flexibility index (Phi) is 4.82. The van der Waals surface area contributed by atoms with Crippen LogP contribution in [-0.2, 0) is 11.3 Å². The van der Waals surface area contributed by atoms with Gasteiger partial charge in [-0.1, -0.05) is 23.7 Å². The number of thiophene rings is 1. The first kappa shape index (κ1) is 17.0. The molecule has 2 aliphatic rings. The number of hydrogen-bond acceptors (Lipinski definition) is 5. The van der Waals surface area contributed by atoms with Crippen molar-refractivity contribution in [3.8, 4) is 0 Å². The summed E-state index contributed by atoms with van der Waals surface area (Å²) in [5, 5.41) is 11.8. The van der Waals surface area contributed by atoms with Gasteiger partial charge in [0.1, 0.15) is 0 Å². The zero-order chi connectivity index (χ0) is 17.4. The predicted octanol–water partition coefficient (Wildman–Crippen LogP) is 3.84. The monoisotopic (exact) mass is 377 g/mol. The van der Waals surface area contributed by atoms with Crippen molar-refractivity contribution in [1.29, 1.82) is 0 Å². The first-order valence-corrected chi connectivity index (χ1v) is 9.76. The second kappa shape index (κ2) is 7.08. The van der Waals surface area contributed by atoms with Crippen LogP contribution < -0.4 is 4.90 Å². The van der Waals surface area contributed by atoms with Gasteiger partial charge < -0.3 is 14.7 Å². The highest BCUT2D eigenvalue weighted by atomic mass is 35.5. The fraction of sp³-hybridized carbons (Fsp3) is 0.421. The first-order valence-electron chi connectivity index (χ1n) is 8.57. The summed E-state index contributed by atoms with van der Waals surface area (Å²) in [6.07, 6.45) is 1.33. The Bertz CT molecular complexity index is 781. The van der Waals surface area contributed by atoms with E-state index in [2.05, 4.69) is 4.90 Å². The highest BCUT2D eigenvalue weighted by Crippen LogP contribution is 2.47. The van der Waals surface area contributed by atoms with Gasteiger partial charge in [-0.05, 0) is 29.7 Å². The summed E-state index contributed by atoms with van der Waals surface area (Å²) in [7, 11) is 0. The van der Waals surface area contributed by atoms with E-state index in [4.69, 9.17) is 16.3 Å². The number of carbonyl (C=O) groups is 1. The van der Waals surface area contributed by atoms with Gasteiger partial charge in [0.15, 0.2) is 5.78 Å². The van der Waals surface area contributed by atoms with Gasteiger partial charge in [0.25, 0.3) is 0 Å². The number of benzene rings is 1. The molecule has 1 aromatic heterocycles. The van der Waals surface area contributed by atoms with Crippen molar-refractivity contribution in [1.82, 2.24) is 0 Å². The SMILES string of the molecule is O=C1CCC(c2ccc(Cl)cc2)c2c1sc(N1CCOCC1)c2CO. The summed E-state index contributed by atoms with van der Waals surface area (Å²) in [4.78, 5) is 15.6. The lowest BCUT2D eigenvalue weighted by molar-refractivity contribution is 0.0973. The number of ether oxygens (including phenoxy) is 1. The van der Waals surface area contributed by atoms with Crippen LogP contribution >= 0.6 is 22.9 Å². The number of Topliss-reactive ketones (excluding diaryl/α,β-unsaturated/α-hetero) is 1. The van der Waals surface area contributed by atoms with Gasteiger partial charge in [-0.25, -0.2) is 0 Å². The van der Waals surface area contributed by atoms with Crippen LogP contribution in [0.3, 0.4) is 0 Å². The van der Waals surface area contributed by atoms with Crippen LogP contribution in [0.15, 0.2) is 24.3 Å². The van der Waals surface area contributed by atoms with Crippen LogP contribution in [0, 0.1) is 0 Å². The summed E-state index contributed by atoms with van der Waals surface area (Å²) in [5.41, 5.74) is 3.08. The molecule has 132 valence electrons. The predicted molar refractivity (Wildman–Crippen MR) is 100 cm³/mol. The molecule has 4 nitrogen and oxygen atoms in total. The van der Waals surface area contributed by atoms with Crippen LogP contribution in [0.5, 0.6) is 0 Å². The van der Waals surface area contributed by atoms with Crippen LogP contribution in [0.25, 0.3) is 0 Å². The average molecular weight is 378 g/mol. The fourth-order valence-corrected chi connectivity index (χ4v) is 5.30. The van der Waals surface area contributed by atoms with E-state index in [9.17, 15) is 9.90 Å². The second-order valence-electron chi connectivity index (χ2n) is 6.45. The van der Waals surface area contributed by atoms with Crippen LogP contribution in [-0.4, -0.2) is 37.2 Å². The van der Waals surface area contributed by atoms with Gasteiger partial charge in [0, 0.05) is 36.0 Å². The van der Waals surface area contributed by atoms with Crippen molar-refractivity contribution >= 4 is 33.7 Å². The third-order valence-corrected chi connectivity index (χ3v) is 6.62. The standard InChI is InChI=1S/C19H20ClNO3S/c20-13-3-1-12(2-4-13)14-5-6-16(23)18-17(14)15(11-22)19(25-18)21-7-9-24-10-8-21/h1-4,14,22H,5-11H2. The molecule has 1 aliphatic heterocycles. The van der Waals surface area contributed by atoms with Crippen molar-refractivity contribution in [3.63, 3.8) is 0 Å². The maximum Gasteiger partial charge on any atom is 0.173 e. The molecule has 0 spiro atoms. The number of anilines is 1. The lowest BCUT2D eigenvalue weighted by Crippen LogP contribution is -2.36. The molecule has 1 atom stereocenters.